The number of hydrogen-bond donors (Lipinski definition) is 0. The van der Waals surface area contributed by atoms with Crippen LogP contribution in [0.1, 0.15) is 32.6 Å². The van der Waals surface area contributed by atoms with Gasteiger partial charge in [0.15, 0.2) is 5.78 Å². The molecule has 0 aromatic heterocycles. The Morgan fingerprint density at radius 2 is 1.10 bits per heavy atom. The molecule has 31 heavy (non-hydrogen) atoms. The van der Waals surface area contributed by atoms with Crippen LogP contribution in [-0.4, -0.2) is 5.78 Å². The van der Waals surface area contributed by atoms with E-state index in [2.05, 4.69) is 60.1 Å². The molecule has 0 unspecified atom stereocenters. The van der Waals surface area contributed by atoms with Gasteiger partial charge in [0.25, 0.3) is 0 Å². The molecule has 0 radical (unpaired) electrons. The number of halogens is 1. The molecule has 1 aliphatic rings. The van der Waals surface area contributed by atoms with Crippen molar-refractivity contribution < 1.29 is 4.79 Å². The number of ketones is 1. The van der Waals surface area contributed by atoms with E-state index in [1.54, 1.807) is 0 Å². The molecule has 0 spiro atoms. The topological polar surface area (TPSA) is 40.9 Å². The van der Waals surface area contributed by atoms with Crippen LogP contribution in [0, 0.1) is 25.2 Å². The Balaban J connectivity index is 1.63. The Hall–Kier alpha value is -3.48. The molecule has 0 aliphatic heterocycles. The molecule has 5 rings (SSSR count). The number of nitrogens with zero attached hydrogens (tertiary/aromatic N) is 1. The van der Waals surface area contributed by atoms with Crippen molar-refractivity contribution in [2.45, 2.75) is 13.8 Å². The maximum Gasteiger partial charge on any atom is 0.194 e. The number of hydrogen-bond acceptors (Lipinski definition) is 2. The van der Waals surface area contributed by atoms with Crippen molar-refractivity contribution in [3.05, 3.63) is 105 Å². The maximum absolute atomic E-state index is 13.4. The smallest absolute Gasteiger partial charge is 0.194 e. The summed E-state index contributed by atoms with van der Waals surface area (Å²) >= 11 is 3.49. The van der Waals surface area contributed by atoms with Crippen molar-refractivity contribution in [2.75, 3.05) is 0 Å². The van der Waals surface area contributed by atoms with E-state index in [0.717, 1.165) is 60.1 Å². The lowest BCUT2D eigenvalue weighted by Gasteiger charge is -2.11. The third-order valence-corrected chi connectivity index (χ3v) is 6.52. The highest BCUT2D eigenvalue weighted by Gasteiger charge is 2.29. The van der Waals surface area contributed by atoms with E-state index in [4.69, 9.17) is 5.26 Å². The van der Waals surface area contributed by atoms with E-state index < -0.39 is 0 Å². The molecule has 0 heterocycles. The molecule has 4 aromatic rings. The fraction of sp³-hybridized carbons (Fsp3) is 0.0714. The molecule has 4 aromatic carbocycles. The van der Waals surface area contributed by atoms with Crippen LogP contribution in [0.5, 0.6) is 0 Å². The second-order valence-corrected chi connectivity index (χ2v) is 8.87. The molecule has 1 aliphatic carbocycles. The van der Waals surface area contributed by atoms with Gasteiger partial charge in [-0.2, -0.15) is 5.26 Å². The highest BCUT2D eigenvalue weighted by molar-refractivity contribution is 9.10. The van der Waals surface area contributed by atoms with Crippen molar-refractivity contribution in [3.8, 4) is 39.4 Å². The molecule has 0 amide bonds. The zero-order valence-corrected chi connectivity index (χ0v) is 18.7. The molecule has 148 valence electrons. The lowest BCUT2D eigenvalue weighted by molar-refractivity contribution is 0.104. The maximum atomic E-state index is 13.4. The van der Waals surface area contributed by atoms with Gasteiger partial charge in [0, 0.05) is 15.6 Å². The number of carbonyl (C=O) groups is 1. The zero-order valence-electron chi connectivity index (χ0n) is 17.2. The largest absolute Gasteiger partial charge is 0.289 e. The van der Waals surface area contributed by atoms with Crippen LogP contribution in [0.15, 0.2) is 77.3 Å². The number of nitriles is 1. The first kappa shape index (κ1) is 19.5. The molecule has 0 bridgehead atoms. The molecule has 3 heteroatoms. The van der Waals surface area contributed by atoms with Crippen LogP contribution >= 0.6 is 15.9 Å². The molecule has 0 saturated heterocycles. The molecule has 0 atom stereocenters. The number of rotatable bonds is 2. The van der Waals surface area contributed by atoms with Gasteiger partial charge in [-0.3, -0.25) is 4.79 Å². The van der Waals surface area contributed by atoms with Gasteiger partial charge in [0.05, 0.1) is 11.6 Å². The van der Waals surface area contributed by atoms with E-state index in [0.29, 0.717) is 5.56 Å². The Bertz CT molecular complexity index is 1410. The number of fused-ring (bicyclic) bond motifs is 3. The van der Waals surface area contributed by atoms with Gasteiger partial charge < -0.3 is 0 Å². The van der Waals surface area contributed by atoms with E-state index in [-0.39, 0.29) is 5.78 Å². The van der Waals surface area contributed by atoms with Gasteiger partial charge in [-0.05, 0) is 94.8 Å². The molecule has 0 saturated carbocycles. The van der Waals surface area contributed by atoms with Crippen LogP contribution in [0.25, 0.3) is 33.4 Å². The van der Waals surface area contributed by atoms with E-state index in [9.17, 15) is 4.79 Å². The van der Waals surface area contributed by atoms with Gasteiger partial charge in [-0.15, -0.1) is 0 Å². The minimum Gasteiger partial charge on any atom is -0.289 e. The minimum absolute atomic E-state index is 0.0678. The van der Waals surface area contributed by atoms with Gasteiger partial charge in [0.2, 0.25) is 0 Å². The summed E-state index contributed by atoms with van der Waals surface area (Å²) in [6.07, 6.45) is 0. The quantitative estimate of drug-likeness (QED) is 0.272. The Labute approximate surface area is 189 Å². The summed E-state index contributed by atoms with van der Waals surface area (Å²) in [5, 5.41) is 9.06. The number of aryl methyl sites for hydroxylation is 2. The summed E-state index contributed by atoms with van der Waals surface area (Å²) in [6, 6.07) is 26.1. The number of carbonyl (C=O) groups excluding carboxylic acids is 1. The standard InChI is InChI=1S/C28H18BrNO/c1-16-11-24-25-12-17(2)23(20-7-9-21(29)10-8-20)14-27(25)28(31)26(24)13-22(16)19-5-3-18(15-30)4-6-19/h3-14H,1-2H3. The lowest BCUT2D eigenvalue weighted by atomic mass is 9.92. The second kappa shape index (κ2) is 7.34. The Morgan fingerprint density at radius 1 is 0.645 bits per heavy atom. The fourth-order valence-corrected chi connectivity index (χ4v) is 4.62. The summed E-state index contributed by atoms with van der Waals surface area (Å²) in [5.74, 6) is 0.0678. The van der Waals surface area contributed by atoms with Crippen LogP contribution in [0.3, 0.4) is 0 Å². The summed E-state index contributed by atoms with van der Waals surface area (Å²) < 4.78 is 1.03. The molecular formula is C28H18BrNO. The van der Waals surface area contributed by atoms with Crippen molar-refractivity contribution in [2.24, 2.45) is 0 Å². The summed E-state index contributed by atoms with van der Waals surface area (Å²) in [6.45, 7) is 4.16. The van der Waals surface area contributed by atoms with Crippen molar-refractivity contribution >= 4 is 21.7 Å². The first-order valence-electron chi connectivity index (χ1n) is 10.1. The monoisotopic (exact) mass is 463 g/mol. The van der Waals surface area contributed by atoms with Gasteiger partial charge in [0.1, 0.15) is 0 Å². The number of benzene rings is 4. The Morgan fingerprint density at radius 3 is 1.55 bits per heavy atom. The summed E-state index contributed by atoms with van der Waals surface area (Å²) in [5.41, 5.74) is 10.6. The van der Waals surface area contributed by atoms with E-state index >= 15 is 0 Å². The van der Waals surface area contributed by atoms with Crippen molar-refractivity contribution in [3.63, 3.8) is 0 Å². The molecule has 0 N–H and O–H groups in total. The van der Waals surface area contributed by atoms with Gasteiger partial charge >= 0.3 is 0 Å². The average Bonchev–Trinajstić information content (AvgIpc) is 3.04. The van der Waals surface area contributed by atoms with Gasteiger partial charge in [-0.1, -0.05) is 52.3 Å². The predicted molar refractivity (Wildman–Crippen MR) is 128 cm³/mol. The summed E-state index contributed by atoms with van der Waals surface area (Å²) in [4.78, 5) is 13.4. The SMILES string of the molecule is Cc1cc2c(cc1-c1ccc(Br)cc1)C(=O)c1cc(-c3ccc(C#N)cc3)c(C)cc1-2. The minimum atomic E-state index is 0.0678. The molecule has 2 nitrogen and oxygen atoms in total. The third kappa shape index (κ3) is 3.21. The molecular weight excluding hydrogens is 446 g/mol. The van der Waals surface area contributed by atoms with E-state index in [1.807, 2.05) is 48.5 Å². The van der Waals surface area contributed by atoms with Crippen LogP contribution in [0.4, 0.5) is 0 Å². The highest BCUT2D eigenvalue weighted by Crippen LogP contribution is 2.43. The third-order valence-electron chi connectivity index (χ3n) is 5.99. The normalized spacial score (nSPS) is 11.7. The van der Waals surface area contributed by atoms with Gasteiger partial charge in [-0.25, -0.2) is 0 Å². The Kier molecular flexibility index (Phi) is 4.61. The lowest BCUT2D eigenvalue weighted by Crippen LogP contribution is -1.97. The average molecular weight is 464 g/mol. The van der Waals surface area contributed by atoms with E-state index in [1.165, 1.54) is 0 Å². The fourth-order valence-electron chi connectivity index (χ4n) is 4.36. The van der Waals surface area contributed by atoms with Crippen LogP contribution < -0.4 is 0 Å². The highest BCUT2D eigenvalue weighted by atomic mass is 79.9. The summed E-state index contributed by atoms with van der Waals surface area (Å²) in [7, 11) is 0. The first-order valence-corrected chi connectivity index (χ1v) is 10.9. The molecule has 0 fully saturated rings. The zero-order chi connectivity index (χ0) is 21.7. The van der Waals surface area contributed by atoms with Crippen LogP contribution in [0.2, 0.25) is 0 Å². The van der Waals surface area contributed by atoms with Crippen molar-refractivity contribution in [1.82, 2.24) is 0 Å². The van der Waals surface area contributed by atoms with Crippen molar-refractivity contribution in [1.29, 1.82) is 5.26 Å². The first-order chi connectivity index (χ1) is 15.0. The second-order valence-electron chi connectivity index (χ2n) is 7.95. The van der Waals surface area contributed by atoms with Crippen LogP contribution in [-0.2, 0) is 0 Å². The predicted octanol–water partition coefficient (Wildman–Crippen LogP) is 7.48.